The summed E-state index contributed by atoms with van der Waals surface area (Å²) in [5.41, 5.74) is 0.106. The van der Waals surface area contributed by atoms with Gasteiger partial charge in [0.05, 0.1) is 32.1 Å². The van der Waals surface area contributed by atoms with Gasteiger partial charge in [-0.15, -0.1) is 0 Å². The minimum absolute atomic E-state index is 0.114. The number of hydrogen-bond donors (Lipinski definition) is 4. The quantitative estimate of drug-likeness (QED) is 0.416. The van der Waals surface area contributed by atoms with Gasteiger partial charge in [-0.2, -0.15) is 0 Å². The summed E-state index contributed by atoms with van der Waals surface area (Å²) in [7, 11) is 0. The van der Waals surface area contributed by atoms with Crippen molar-refractivity contribution >= 4 is 11.9 Å². The molecular formula is C17H22N4O2+2. The summed E-state index contributed by atoms with van der Waals surface area (Å²) < 4.78 is 0. The van der Waals surface area contributed by atoms with Crippen molar-refractivity contribution in [3.8, 4) is 0 Å². The van der Waals surface area contributed by atoms with E-state index >= 15 is 0 Å². The third-order valence-electron chi connectivity index (χ3n) is 6.60. The number of amides is 3. The predicted molar refractivity (Wildman–Crippen MR) is 82.1 cm³/mol. The summed E-state index contributed by atoms with van der Waals surface area (Å²) in [4.78, 5) is 28.2. The van der Waals surface area contributed by atoms with Gasteiger partial charge in [-0.05, 0) is 5.56 Å². The second-order valence-corrected chi connectivity index (χ2v) is 7.62. The van der Waals surface area contributed by atoms with E-state index in [-0.39, 0.29) is 23.3 Å². The van der Waals surface area contributed by atoms with Crippen LogP contribution in [0, 0.1) is 5.92 Å². The van der Waals surface area contributed by atoms with Crippen LogP contribution in [0.3, 0.4) is 0 Å². The smallest absolute Gasteiger partial charge is 0.322 e. The highest BCUT2D eigenvalue weighted by Crippen LogP contribution is 2.44. The number of benzene rings is 1. The van der Waals surface area contributed by atoms with Gasteiger partial charge in [0, 0.05) is 0 Å². The van der Waals surface area contributed by atoms with E-state index in [9.17, 15) is 9.59 Å². The lowest BCUT2D eigenvalue weighted by Gasteiger charge is -2.55. The normalized spacial score (nSPS) is 44.3. The molecule has 5 heterocycles. The monoisotopic (exact) mass is 314 g/mol. The molecular weight excluding hydrogens is 292 g/mol. The minimum Gasteiger partial charge on any atom is -0.329 e. The number of imide groups is 1. The molecule has 3 atom stereocenters. The molecule has 6 nitrogen and oxygen atoms in total. The molecule has 120 valence electrons. The molecule has 0 radical (unpaired) electrons. The standard InChI is InChI=1S/C17H20N4O2/c22-14-17(19-15(23)18-14)13-8-20-6-7-21(9-13)11-16(17,10-20)12-4-2-1-3-5-12/h1-5,13H,6-11H2,(H2,18,19,22,23)/p+2/t13?,16?,17-/m1/s1. The van der Waals surface area contributed by atoms with Crippen molar-refractivity contribution in [2.75, 3.05) is 39.3 Å². The van der Waals surface area contributed by atoms with Gasteiger partial charge in [-0.25, -0.2) is 4.79 Å². The maximum Gasteiger partial charge on any atom is 0.322 e. The Morgan fingerprint density at radius 2 is 1.65 bits per heavy atom. The number of fused-ring (bicyclic) bond motifs is 1. The van der Waals surface area contributed by atoms with E-state index in [0.717, 1.165) is 39.3 Å². The molecule has 6 rings (SSSR count). The van der Waals surface area contributed by atoms with Crippen LogP contribution >= 0.6 is 0 Å². The summed E-state index contributed by atoms with van der Waals surface area (Å²) in [6, 6.07) is 10.0. The van der Waals surface area contributed by atoms with Gasteiger partial charge in [-0.3, -0.25) is 10.1 Å². The molecule has 1 spiro atoms. The molecule has 4 bridgehead atoms. The lowest BCUT2D eigenvalue weighted by atomic mass is 9.55. The van der Waals surface area contributed by atoms with E-state index in [2.05, 4.69) is 22.8 Å². The number of carbonyl (C=O) groups excluding carboxylic acids is 2. The van der Waals surface area contributed by atoms with Crippen LogP contribution in [0.1, 0.15) is 5.56 Å². The summed E-state index contributed by atoms with van der Waals surface area (Å²) in [5, 5.41) is 5.65. The summed E-state index contributed by atoms with van der Waals surface area (Å²) >= 11 is 0. The van der Waals surface area contributed by atoms with Gasteiger partial charge in [0.1, 0.15) is 18.5 Å². The van der Waals surface area contributed by atoms with Gasteiger partial charge in [0.15, 0.2) is 5.54 Å². The van der Waals surface area contributed by atoms with Crippen molar-refractivity contribution in [2.45, 2.75) is 11.0 Å². The van der Waals surface area contributed by atoms with E-state index in [1.54, 1.807) is 9.80 Å². The molecule has 1 aromatic rings. The first kappa shape index (κ1) is 13.5. The highest BCUT2D eigenvalue weighted by Gasteiger charge is 2.74. The molecule has 3 amide bonds. The minimum atomic E-state index is -0.775. The first-order chi connectivity index (χ1) is 11.1. The molecule has 0 saturated carbocycles. The van der Waals surface area contributed by atoms with Crippen molar-refractivity contribution in [1.82, 2.24) is 10.6 Å². The fourth-order valence-electron chi connectivity index (χ4n) is 5.82. The zero-order valence-corrected chi connectivity index (χ0v) is 13.0. The number of piperidine rings is 2. The number of rotatable bonds is 1. The Kier molecular flexibility index (Phi) is 2.54. The van der Waals surface area contributed by atoms with Crippen molar-refractivity contribution in [3.63, 3.8) is 0 Å². The molecule has 5 aliphatic heterocycles. The third-order valence-corrected chi connectivity index (χ3v) is 6.60. The van der Waals surface area contributed by atoms with Gasteiger partial charge in [0.2, 0.25) is 0 Å². The van der Waals surface area contributed by atoms with E-state index in [1.807, 2.05) is 18.2 Å². The topological polar surface area (TPSA) is 67.1 Å². The summed E-state index contributed by atoms with van der Waals surface area (Å²) in [6.07, 6.45) is 0. The first-order valence-corrected chi connectivity index (χ1v) is 8.50. The SMILES string of the molecule is O=C1NC(=O)[C@]2(N1)C1C[NH+]3CC[NH+](C1)CC2(c1ccccc1)C3. The lowest BCUT2D eigenvalue weighted by Crippen LogP contribution is -3.20. The van der Waals surface area contributed by atoms with Crippen LogP contribution in [0.4, 0.5) is 4.79 Å². The largest absolute Gasteiger partial charge is 0.329 e. The van der Waals surface area contributed by atoms with Crippen molar-refractivity contribution in [3.05, 3.63) is 35.9 Å². The Bertz CT molecular complexity index is 675. The molecule has 1 aromatic carbocycles. The second-order valence-electron chi connectivity index (χ2n) is 7.62. The maximum atomic E-state index is 13.0. The molecule has 4 N–H and O–H groups in total. The first-order valence-electron chi connectivity index (χ1n) is 8.50. The summed E-state index contributed by atoms with van der Waals surface area (Å²) in [6.45, 7) is 6.12. The average molecular weight is 314 g/mol. The zero-order valence-electron chi connectivity index (χ0n) is 13.0. The van der Waals surface area contributed by atoms with Crippen LogP contribution < -0.4 is 20.4 Å². The number of carbonyl (C=O) groups is 2. The number of hydrogen-bond acceptors (Lipinski definition) is 2. The van der Waals surface area contributed by atoms with Crippen molar-refractivity contribution in [2.24, 2.45) is 5.92 Å². The molecule has 2 unspecified atom stereocenters. The Morgan fingerprint density at radius 1 is 1.00 bits per heavy atom. The number of quaternary nitrogens is 2. The highest BCUT2D eigenvalue weighted by atomic mass is 16.2. The number of nitrogens with one attached hydrogen (secondary N) is 4. The fraction of sp³-hybridized carbons (Fsp3) is 0.529. The second kappa shape index (κ2) is 4.33. The third kappa shape index (κ3) is 1.55. The summed E-state index contributed by atoms with van der Waals surface area (Å²) in [5.74, 6) is 0.0838. The Morgan fingerprint density at radius 3 is 2.22 bits per heavy atom. The molecule has 5 fully saturated rings. The Hall–Kier alpha value is -1.92. The van der Waals surface area contributed by atoms with Gasteiger partial charge < -0.3 is 15.1 Å². The Labute approximate surface area is 134 Å². The van der Waals surface area contributed by atoms with Crippen molar-refractivity contribution in [1.29, 1.82) is 0 Å². The van der Waals surface area contributed by atoms with Gasteiger partial charge >= 0.3 is 6.03 Å². The van der Waals surface area contributed by atoms with E-state index in [0.29, 0.717) is 0 Å². The van der Waals surface area contributed by atoms with E-state index < -0.39 is 5.54 Å². The van der Waals surface area contributed by atoms with E-state index in [1.165, 1.54) is 5.56 Å². The Balaban J connectivity index is 1.76. The van der Waals surface area contributed by atoms with Crippen LogP contribution in [-0.4, -0.2) is 56.7 Å². The molecule has 6 heteroatoms. The fourth-order valence-corrected chi connectivity index (χ4v) is 5.82. The molecule has 0 aromatic heterocycles. The van der Waals surface area contributed by atoms with Crippen LogP contribution in [0.25, 0.3) is 0 Å². The van der Waals surface area contributed by atoms with E-state index in [4.69, 9.17) is 0 Å². The molecule has 0 aliphatic carbocycles. The van der Waals surface area contributed by atoms with Crippen molar-refractivity contribution < 1.29 is 19.4 Å². The lowest BCUT2D eigenvalue weighted by molar-refractivity contribution is -0.918. The number of urea groups is 1. The van der Waals surface area contributed by atoms with Crippen LogP contribution in [0.2, 0.25) is 0 Å². The molecule has 23 heavy (non-hydrogen) atoms. The average Bonchev–Trinajstić information content (AvgIpc) is 2.69. The van der Waals surface area contributed by atoms with Gasteiger partial charge in [-0.1, -0.05) is 30.3 Å². The highest BCUT2D eigenvalue weighted by molar-refractivity contribution is 6.08. The maximum absolute atomic E-state index is 13.0. The molecule has 5 saturated heterocycles. The van der Waals surface area contributed by atoms with Crippen LogP contribution in [-0.2, 0) is 10.2 Å². The van der Waals surface area contributed by atoms with Crippen LogP contribution in [0.15, 0.2) is 30.3 Å². The molecule has 5 aliphatic rings. The predicted octanol–water partition coefficient (Wildman–Crippen LogP) is -3.07. The van der Waals surface area contributed by atoms with Gasteiger partial charge in [0.25, 0.3) is 5.91 Å². The zero-order chi connectivity index (χ0) is 15.7. The van der Waals surface area contributed by atoms with Crippen LogP contribution in [0.5, 0.6) is 0 Å².